The van der Waals surface area contributed by atoms with E-state index in [-0.39, 0.29) is 12.4 Å². The van der Waals surface area contributed by atoms with Crippen LogP contribution in [0.5, 0.6) is 0 Å². The van der Waals surface area contributed by atoms with E-state index in [0.29, 0.717) is 17.4 Å². The smallest absolute Gasteiger partial charge is 0.307 e. The quantitative estimate of drug-likeness (QED) is 0.175. The molecule has 0 aliphatic carbocycles. The molecule has 0 radical (unpaired) electrons. The number of rotatable bonds is 16. The van der Waals surface area contributed by atoms with Gasteiger partial charge in [-0.1, -0.05) is 49.8 Å². The van der Waals surface area contributed by atoms with Crippen LogP contribution in [0.1, 0.15) is 64.7 Å². The molecular weight excluding hydrogens is 354 g/mol. The molecule has 0 aliphatic rings. The van der Waals surface area contributed by atoms with Crippen LogP contribution >= 0.6 is 0 Å². The number of likely N-dealkylation sites (N-methyl/N-ethyl adjacent to an activating group) is 1. The number of ether oxygens (including phenoxy) is 1. The zero-order chi connectivity index (χ0) is 21.3. The van der Waals surface area contributed by atoms with E-state index in [1.807, 2.05) is 21.1 Å². The maximum Gasteiger partial charge on any atom is 0.307 e. The van der Waals surface area contributed by atoms with Crippen LogP contribution in [0.15, 0.2) is 36.5 Å². The Bertz CT molecular complexity index is 515. The average molecular weight is 395 g/mol. The van der Waals surface area contributed by atoms with Gasteiger partial charge in [0.2, 0.25) is 0 Å². The van der Waals surface area contributed by atoms with Gasteiger partial charge in [0.25, 0.3) is 0 Å². The van der Waals surface area contributed by atoms with E-state index in [2.05, 4.69) is 43.4 Å². The van der Waals surface area contributed by atoms with Crippen molar-refractivity contribution in [3.63, 3.8) is 0 Å². The van der Waals surface area contributed by atoms with Crippen LogP contribution < -0.4 is 0 Å². The largest absolute Gasteiger partial charge is 0.481 e. The first-order valence-electron chi connectivity index (χ1n) is 10.4. The molecule has 0 aliphatic heterocycles. The molecule has 28 heavy (non-hydrogen) atoms. The lowest BCUT2D eigenvalue weighted by Crippen LogP contribution is -2.43. The Hall–Kier alpha value is -1.88. The molecule has 0 heterocycles. The van der Waals surface area contributed by atoms with Gasteiger partial charge in [-0.3, -0.25) is 9.59 Å². The van der Waals surface area contributed by atoms with E-state index in [0.717, 1.165) is 44.9 Å². The minimum Gasteiger partial charge on any atom is -0.481 e. The molecule has 5 nitrogen and oxygen atoms in total. The first kappa shape index (κ1) is 26.1. The number of hydrogen-bond acceptors (Lipinski definition) is 3. The number of carbonyl (C=O) groups is 2. The number of allylic oxidation sites excluding steroid dienone is 6. The topological polar surface area (TPSA) is 63.6 Å². The minimum atomic E-state index is -0.940. The van der Waals surface area contributed by atoms with E-state index in [1.165, 1.54) is 0 Å². The van der Waals surface area contributed by atoms with Gasteiger partial charge in [-0.25, -0.2) is 0 Å². The van der Waals surface area contributed by atoms with Crippen molar-refractivity contribution in [3.8, 4) is 0 Å². The summed E-state index contributed by atoms with van der Waals surface area (Å²) in [4.78, 5) is 22.9. The normalized spacial score (nSPS) is 13.6. The van der Waals surface area contributed by atoms with Crippen LogP contribution in [-0.2, 0) is 14.3 Å². The fraction of sp³-hybridized carbons (Fsp3) is 0.652. The zero-order valence-corrected chi connectivity index (χ0v) is 18.2. The highest BCUT2D eigenvalue weighted by Crippen LogP contribution is 2.10. The first-order valence-corrected chi connectivity index (χ1v) is 10.4. The van der Waals surface area contributed by atoms with Gasteiger partial charge >= 0.3 is 11.9 Å². The standard InChI is InChI=1S/C23H39NO4/c1-5-6-7-8-9-10-11-12-13-14-15-16-17-18-23(27)28-21(19-22(25)26)20-24(2,3)4/h6-7,9-10,12-13,21H,5,8,11,14-20H2,1-4H3/p+1/b7-6+,10-9+,13-12+. The van der Waals surface area contributed by atoms with Crippen molar-refractivity contribution in [2.24, 2.45) is 0 Å². The van der Waals surface area contributed by atoms with Crippen molar-refractivity contribution >= 4 is 11.9 Å². The van der Waals surface area contributed by atoms with Gasteiger partial charge in [0, 0.05) is 6.42 Å². The highest BCUT2D eigenvalue weighted by Gasteiger charge is 2.24. The Morgan fingerprint density at radius 2 is 1.54 bits per heavy atom. The summed E-state index contributed by atoms with van der Waals surface area (Å²) in [6, 6.07) is 0. The van der Waals surface area contributed by atoms with Gasteiger partial charge in [-0.2, -0.15) is 0 Å². The molecule has 1 unspecified atom stereocenters. The maximum atomic E-state index is 12.0. The number of nitrogens with zero attached hydrogens (tertiary/aromatic N) is 1. The third-order valence-electron chi connectivity index (χ3n) is 3.98. The third kappa shape index (κ3) is 18.9. The lowest BCUT2D eigenvalue weighted by atomic mass is 10.1. The van der Waals surface area contributed by atoms with Gasteiger partial charge in [0.05, 0.1) is 27.6 Å². The van der Waals surface area contributed by atoms with Gasteiger partial charge in [0.15, 0.2) is 6.10 Å². The molecule has 160 valence electrons. The van der Waals surface area contributed by atoms with Crippen LogP contribution in [0, 0.1) is 0 Å². The zero-order valence-electron chi connectivity index (χ0n) is 18.2. The molecule has 1 atom stereocenters. The number of quaternary nitrogens is 1. The third-order valence-corrected chi connectivity index (χ3v) is 3.98. The summed E-state index contributed by atoms with van der Waals surface area (Å²) >= 11 is 0. The van der Waals surface area contributed by atoms with E-state index in [4.69, 9.17) is 9.84 Å². The fourth-order valence-electron chi connectivity index (χ4n) is 2.73. The Balaban J connectivity index is 3.86. The molecule has 0 amide bonds. The fourth-order valence-corrected chi connectivity index (χ4v) is 2.73. The van der Waals surface area contributed by atoms with Crippen LogP contribution in [0.4, 0.5) is 0 Å². The molecule has 0 rings (SSSR count). The van der Waals surface area contributed by atoms with Crippen LogP contribution in [0.3, 0.4) is 0 Å². The number of esters is 1. The Labute approximate surface area is 171 Å². The Morgan fingerprint density at radius 1 is 0.929 bits per heavy atom. The second-order valence-corrected chi connectivity index (χ2v) is 8.08. The van der Waals surface area contributed by atoms with Gasteiger partial charge in [-0.05, 0) is 38.5 Å². The van der Waals surface area contributed by atoms with Crippen LogP contribution in [0.25, 0.3) is 0 Å². The number of carboxylic acid groups (broad SMARTS) is 1. The van der Waals surface area contributed by atoms with Crippen molar-refractivity contribution in [1.82, 2.24) is 0 Å². The van der Waals surface area contributed by atoms with Gasteiger partial charge < -0.3 is 14.3 Å². The van der Waals surface area contributed by atoms with Gasteiger partial charge in [-0.15, -0.1) is 0 Å². The number of unbranched alkanes of at least 4 members (excludes halogenated alkanes) is 3. The second-order valence-electron chi connectivity index (χ2n) is 8.08. The summed E-state index contributed by atoms with van der Waals surface area (Å²) in [5.74, 6) is -1.23. The number of carboxylic acids is 1. The molecule has 0 bridgehead atoms. The van der Waals surface area contributed by atoms with Crippen molar-refractivity contribution in [1.29, 1.82) is 0 Å². The lowest BCUT2D eigenvalue weighted by molar-refractivity contribution is -0.873. The molecule has 0 saturated carbocycles. The minimum absolute atomic E-state index is 0.143. The van der Waals surface area contributed by atoms with E-state index >= 15 is 0 Å². The highest BCUT2D eigenvalue weighted by molar-refractivity contribution is 5.71. The molecule has 0 aromatic carbocycles. The molecule has 0 fully saturated rings. The summed E-state index contributed by atoms with van der Waals surface area (Å²) in [7, 11) is 5.86. The van der Waals surface area contributed by atoms with E-state index in [1.54, 1.807) is 0 Å². The Kier molecular flexibility index (Phi) is 15.0. The van der Waals surface area contributed by atoms with E-state index < -0.39 is 12.1 Å². The van der Waals surface area contributed by atoms with Crippen molar-refractivity contribution in [2.45, 2.75) is 70.8 Å². The summed E-state index contributed by atoms with van der Waals surface area (Å²) in [6.45, 7) is 2.63. The molecule has 0 saturated heterocycles. The number of aliphatic carboxylic acids is 1. The number of hydrogen-bond donors (Lipinski definition) is 1. The van der Waals surface area contributed by atoms with Crippen LogP contribution in [-0.4, -0.2) is 55.3 Å². The molecule has 5 heteroatoms. The second kappa shape index (κ2) is 16.1. The lowest BCUT2D eigenvalue weighted by Gasteiger charge is -2.28. The summed E-state index contributed by atoms with van der Waals surface area (Å²) in [5.41, 5.74) is 0. The monoisotopic (exact) mass is 394 g/mol. The first-order chi connectivity index (χ1) is 13.2. The predicted molar refractivity (Wildman–Crippen MR) is 115 cm³/mol. The van der Waals surface area contributed by atoms with E-state index in [9.17, 15) is 9.59 Å². The average Bonchev–Trinajstić information content (AvgIpc) is 2.56. The molecule has 1 N–H and O–H groups in total. The van der Waals surface area contributed by atoms with Crippen molar-refractivity contribution in [3.05, 3.63) is 36.5 Å². The predicted octanol–water partition coefficient (Wildman–Crippen LogP) is 4.89. The van der Waals surface area contributed by atoms with Crippen LogP contribution in [0.2, 0.25) is 0 Å². The number of carbonyl (C=O) groups excluding carboxylic acids is 1. The SMILES string of the molecule is CC/C=C/C/C=C/C/C=C/CCCCCC(=O)OC(CC(=O)O)C[N+](C)(C)C. The molecule has 0 spiro atoms. The molecular formula is C23H40NO4+. The Morgan fingerprint density at radius 3 is 2.11 bits per heavy atom. The summed E-state index contributed by atoms with van der Waals surface area (Å²) in [6.07, 6.45) is 19.6. The maximum absolute atomic E-state index is 12.0. The summed E-state index contributed by atoms with van der Waals surface area (Å²) < 4.78 is 5.94. The summed E-state index contributed by atoms with van der Waals surface area (Å²) in [5, 5.41) is 8.98. The van der Waals surface area contributed by atoms with Crippen molar-refractivity contribution in [2.75, 3.05) is 27.7 Å². The van der Waals surface area contributed by atoms with Crippen molar-refractivity contribution < 1.29 is 23.9 Å². The molecule has 0 aromatic rings. The van der Waals surface area contributed by atoms with Gasteiger partial charge in [0.1, 0.15) is 6.54 Å². The highest BCUT2D eigenvalue weighted by atomic mass is 16.5. The molecule has 0 aromatic heterocycles.